The SMILES string of the molecule is CC(=O)CC=CCCC(C(=O)O)[C@@H]1C[C@H]2CC[C@@H]1C2. The molecule has 2 bridgehead atoms. The van der Waals surface area contributed by atoms with Crippen molar-refractivity contribution in [2.75, 3.05) is 0 Å². The van der Waals surface area contributed by atoms with Crippen LogP contribution >= 0.6 is 0 Å². The van der Waals surface area contributed by atoms with Gasteiger partial charge < -0.3 is 5.11 Å². The second kappa shape index (κ2) is 6.36. The molecule has 2 aliphatic carbocycles. The number of carbonyl (C=O) groups excluding carboxylic acids is 1. The molecule has 0 saturated heterocycles. The third-order valence-corrected chi connectivity index (χ3v) is 4.84. The van der Waals surface area contributed by atoms with E-state index in [1.807, 2.05) is 12.2 Å². The van der Waals surface area contributed by atoms with Crippen LogP contribution < -0.4 is 0 Å². The average molecular weight is 264 g/mol. The number of fused-ring (bicyclic) bond motifs is 2. The standard InChI is InChI=1S/C16H24O3/c1-11(17)5-3-2-4-6-14(16(18)19)15-10-12-7-8-13(15)9-12/h2-3,12-15H,4-10H2,1H3,(H,18,19)/t12-,13+,14?,15+/m0/s1. The first-order valence-electron chi connectivity index (χ1n) is 7.45. The molecule has 0 aromatic carbocycles. The molecule has 19 heavy (non-hydrogen) atoms. The number of hydrogen-bond acceptors (Lipinski definition) is 2. The number of Topliss-reactive ketones (excluding diaryl/α,β-unsaturated/α-hetero) is 1. The summed E-state index contributed by atoms with van der Waals surface area (Å²) >= 11 is 0. The number of rotatable bonds is 7. The van der Waals surface area contributed by atoms with E-state index in [2.05, 4.69) is 0 Å². The van der Waals surface area contributed by atoms with Gasteiger partial charge in [-0.05, 0) is 56.8 Å². The number of carbonyl (C=O) groups is 2. The molecule has 0 amide bonds. The highest BCUT2D eigenvalue weighted by molar-refractivity contribution is 5.76. The van der Waals surface area contributed by atoms with Gasteiger partial charge in [-0.3, -0.25) is 9.59 Å². The third kappa shape index (κ3) is 3.68. The van der Waals surface area contributed by atoms with Gasteiger partial charge in [0.25, 0.3) is 0 Å². The van der Waals surface area contributed by atoms with E-state index in [1.54, 1.807) is 6.92 Å². The fraction of sp³-hybridized carbons (Fsp3) is 0.750. The maximum absolute atomic E-state index is 11.5. The van der Waals surface area contributed by atoms with Crippen molar-refractivity contribution in [3.8, 4) is 0 Å². The molecule has 0 spiro atoms. The molecule has 0 aromatic rings. The quantitative estimate of drug-likeness (QED) is 0.717. The van der Waals surface area contributed by atoms with Crippen molar-refractivity contribution in [1.29, 1.82) is 0 Å². The molecule has 2 rings (SSSR count). The summed E-state index contributed by atoms with van der Waals surface area (Å²) in [5, 5.41) is 9.43. The first kappa shape index (κ1) is 14.3. The van der Waals surface area contributed by atoms with Crippen LogP contribution in [0.1, 0.15) is 51.9 Å². The van der Waals surface area contributed by atoms with Crippen LogP contribution in [0.2, 0.25) is 0 Å². The Morgan fingerprint density at radius 2 is 2.05 bits per heavy atom. The highest BCUT2D eigenvalue weighted by Crippen LogP contribution is 2.51. The Hall–Kier alpha value is -1.12. The number of carboxylic acids is 1. The first-order chi connectivity index (χ1) is 9.08. The van der Waals surface area contributed by atoms with Crippen molar-refractivity contribution in [2.24, 2.45) is 23.7 Å². The van der Waals surface area contributed by atoms with E-state index < -0.39 is 5.97 Å². The monoisotopic (exact) mass is 264 g/mol. The highest BCUT2D eigenvalue weighted by Gasteiger charge is 2.44. The molecule has 2 aliphatic rings. The second-order valence-corrected chi connectivity index (χ2v) is 6.24. The van der Waals surface area contributed by atoms with Gasteiger partial charge in [0.1, 0.15) is 5.78 Å². The van der Waals surface area contributed by atoms with Gasteiger partial charge in [-0.25, -0.2) is 0 Å². The van der Waals surface area contributed by atoms with Gasteiger partial charge in [-0.15, -0.1) is 0 Å². The Kier molecular flexibility index (Phi) is 4.78. The molecule has 0 radical (unpaired) electrons. The molecular formula is C16H24O3. The summed E-state index contributed by atoms with van der Waals surface area (Å²) in [6, 6.07) is 0. The van der Waals surface area contributed by atoms with Crippen LogP contribution in [0.4, 0.5) is 0 Å². The zero-order valence-corrected chi connectivity index (χ0v) is 11.7. The van der Waals surface area contributed by atoms with Crippen LogP contribution in [0, 0.1) is 23.7 Å². The first-order valence-corrected chi connectivity index (χ1v) is 7.45. The summed E-state index contributed by atoms with van der Waals surface area (Å²) < 4.78 is 0. The Labute approximate surface area is 115 Å². The van der Waals surface area contributed by atoms with Gasteiger partial charge in [0.15, 0.2) is 0 Å². The number of carboxylic acid groups (broad SMARTS) is 1. The van der Waals surface area contributed by atoms with E-state index in [9.17, 15) is 14.7 Å². The minimum absolute atomic E-state index is 0.152. The van der Waals surface area contributed by atoms with Crippen LogP contribution in [0.15, 0.2) is 12.2 Å². The maximum Gasteiger partial charge on any atom is 0.306 e. The van der Waals surface area contributed by atoms with Crippen LogP contribution in [-0.4, -0.2) is 16.9 Å². The molecule has 1 N–H and O–H groups in total. The van der Waals surface area contributed by atoms with Crippen LogP contribution in [-0.2, 0) is 9.59 Å². The van der Waals surface area contributed by atoms with Gasteiger partial charge >= 0.3 is 5.97 Å². The zero-order chi connectivity index (χ0) is 13.8. The minimum atomic E-state index is -0.627. The van der Waals surface area contributed by atoms with Gasteiger partial charge in [-0.1, -0.05) is 18.6 Å². The second-order valence-electron chi connectivity index (χ2n) is 6.24. The fourth-order valence-corrected chi connectivity index (χ4v) is 3.95. The topological polar surface area (TPSA) is 54.4 Å². The van der Waals surface area contributed by atoms with Gasteiger partial charge in [0, 0.05) is 6.42 Å². The van der Waals surface area contributed by atoms with E-state index in [0.717, 1.165) is 25.2 Å². The normalized spacial score (nSPS) is 30.9. The fourth-order valence-electron chi connectivity index (χ4n) is 3.95. The minimum Gasteiger partial charge on any atom is -0.481 e. The molecule has 0 heterocycles. The maximum atomic E-state index is 11.5. The van der Waals surface area contributed by atoms with Crippen molar-refractivity contribution < 1.29 is 14.7 Å². The Bertz CT molecular complexity index is 372. The molecular weight excluding hydrogens is 240 g/mol. The van der Waals surface area contributed by atoms with E-state index >= 15 is 0 Å². The largest absolute Gasteiger partial charge is 0.481 e. The Morgan fingerprint density at radius 1 is 1.26 bits per heavy atom. The number of hydrogen-bond donors (Lipinski definition) is 1. The molecule has 3 nitrogen and oxygen atoms in total. The highest BCUT2D eigenvalue weighted by atomic mass is 16.4. The summed E-state index contributed by atoms with van der Waals surface area (Å²) in [6.07, 6.45) is 10.7. The smallest absolute Gasteiger partial charge is 0.306 e. The molecule has 1 unspecified atom stereocenters. The van der Waals surface area contributed by atoms with E-state index in [1.165, 1.54) is 19.3 Å². The molecule has 0 aliphatic heterocycles. The van der Waals surface area contributed by atoms with Gasteiger partial charge in [0.2, 0.25) is 0 Å². The molecule has 0 aromatic heterocycles. The third-order valence-electron chi connectivity index (χ3n) is 4.84. The van der Waals surface area contributed by atoms with E-state index in [0.29, 0.717) is 18.3 Å². The van der Waals surface area contributed by atoms with Crippen molar-refractivity contribution in [3.05, 3.63) is 12.2 Å². The number of allylic oxidation sites excluding steroid dienone is 2. The van der Waals surface area contributed by atoms with Crippen LogP contribution in [0.25, 0.3) is 0 Å². The summed E-state index contributed by atoms with van der Waals surface area (Å²) in [7, 11) is 0. The van der Waals surface area contributed by atoms with E-state index in [4.69, 9.17) is 0 Å². The molecule has 4 atom stereocenters. The van der Waals surface area contributed by atoms with Crippen molar-refractivity contribution in [1.82, 2.24) is 0 Å². The lowest BCUT2D eigenvalue weighted by Gasteiger charge is -2.27. The molecule has 106 valence electrons. The van der Waals surface area contributed by atoms with Crippen LogP contribution in [0.5, 0.6) is 0 Å². The Morgan fingerprint density at radius 3 is 2.58 bits per heavy atom. The lowest BCUT2D eigenvalue weighted by molar-refractivity contribution is -0.144. The predicted molar refractivity (Wildman–Crippen MR) is 73.7 cm³/mol. The number of ketones is 1. The lowest BCUT2D eigenvalue weighted by atomic mass is 9.77. The zero-order valence-electron chi connectivity index (χ0n) is 11.7. The summed E-state index contributed by atoms with van der Waals surface area (Å²) in [4.78, 5) is 22.3. The summed E-state index contributed by atoms with van der Waals surface area (Å²) in [5.41, 5.74) is 0. The predicted octanol–water partition coefficient (Wildman–Crippen LogP) is 3.44. The van der Waals surface area contributed by atoms with Crippen molar-refractivity contribution >= 4 is 11.8 Å². The Balaban J connectivity index is 1.82. The number of aliphatic carboxylic acids is 1. The molecule has 2 saturated carbocycles. The summed E-state index contributed by atoms with van der Waals surface area (Å²) in [6.45, 7) is 1.57. The molecule has 3 heteroatoms. The van der Waals surface area contributed by atoms with Crippen molar-refractivity contribution in [2.45, 2.75) is 51.9 Å². The average Bonchev–Trinajstić information content (AvgIpc) is 2.94. The van der Waals surface area contributed by atoms with Gasteiger partial charge in [-0.2, -0.15) is 0 Å². The van der Waals surface area contributed by atoms with Crippen molar-refractivity contribution in [3.63, 3.8) is 0 Å². The van der Waals surface area contributed by atoms with Gasteiger partial charge in [0.05, 0.1) is 5.92 Å². The lowest BCUT2D eigenvalue weighted by Crippen LogP contribution is -2.27. The van der Waals surface area contributed by atoms with E-state index in [-0.39, 0.29) is 11.7 Å². The molecule has 2 fully saturated rings. The van der Waals surface area contributed by atoms with Crippen LogP contribution in [0.3, 0.4) is 0 Å². The summed E-state index contributed by atoms with van der Waals surface area (Å²) in [5.74, 6) is 1.20.